The van der Waals surface area contributed by atoms with Crippen LogP contribution in [0.25, 0.3) is 10.8 Å². The Kier molecular flexibility index (Phi) is 3.96. The molecular weight excluding hydrogens is 276 g/mol. The van der Waals surface area contributed by atoms with Crippen LogP contribution in [0.2, 0.25) is 0 Å². The van der Waals surface area contributed by atoms with Crippen molar-refractivity contribution in [2.75, 3.05) is 12.5 Å². The molecule has 110 valence electrons. The molecule has 0 spiro atoms. The first-order chi connectivity index (χ1) is 10.8. The third-order valence-electron chi connectivity index (χ3n) is 3.40. The van der Waals surface area contributed by atoms with Gasteiger partial charge in [-0.3, -0.25) is 5.43 Å². The van der Waals surface area contributed by atoms with Crippen LogP contribution in [-0.2, 0) is 0 Å². The van der Waals surface area contributed by atoms with Gasteiger partial charge in [0, 0.05) is 16.3 Å². The van der Waals surface area contributed by atoms with Gasteiger partial charge in [0.2, 0.25) is 0 Å². The highest BCUT2D eigenvalue weighted by molar-refractivity contribution is 6.01. The summed E-state index contributed by atoms with van der Waals surface area (Å²) in [5.74, 6) is 1.42. The Morgan fingerprint density at radius 1 is 1.09 bits per heavy atom. The Labute approximate surface area is 128 Å². The predicted molar refractivity (Wildman–Crippen MR) is 88.4 cm³/mol. The van der Waals surface area contributed by atoms with Gasteiger partial charge in [0.15, 0.2) is 5.82 Å². The molecule has 0 atom stereocenters. The average molecular weight is 292 g/mol. The zero-order valence-corrected chi connectivity index (χ0v) is 12.4. The number of benzene rings is 2. The Bertz CT molecular complexity index is 824. The number of hydrazone groups is 1. The number of para-hydroxylation sites is 1. The maximum absolute atomic E-state index is 5.35. The predicted octanol–water partition coefficient (Wildman–Crippen LogP) is 3.47. The molecule has 1 aromatic heterocycles. The van der Waals surface area contributed by atoms with Crippen molar-refractivity contribution in [1.29, 1.82) is 0 Å². The molecule has 3 rings (SSSR count). The summed E-state index contributed by atoms with van der Waals surface area (Å²) in [4.78, 5) is 0. The Morgan fingerprint density at radius 2 is 1.86 bits per heavy atom. The van der Waals surface area contributed by atoms with Crippen LogP contribution < -0.4 is 10.2 Å². The Balaban J connectivity index is 1.92. The summed E-state index contributed by atoms with van der Waals surface area (Å²) in [6, 6.07) is 15.7. The van der Waals surface area contributed by atoms with Crippen molar-refractivity contribution in [1.82, 2.24) is 10.2 Å². The molecule has 0 aliphatic heterocycles. The largest absolute Gasteiger partial charge is 0.496 e. The second kappa shape index (κ2) is 6.22. The van der Waals surface area contributed by atoms with E-state index in [0.29, 0.717) is 5.82 Å². The van der Waals surface area contributed by atoms with Crippen LogP contribution in [0.4, 0.5) is 5.82 Å². The fourth-order valence-corrected chi connectivity index (χ4v) is 2.25. The fourth-order valence-electron chi connectivity index (χ4n) is 2.25. The van der Waals surface area contributed by atoms with Gasteiger partial charge in [0.25, 0.3) is 0 Å². The van der Waals surface area contributed by atoms with Crippen LogP contribution in [-0.4, -0.2) is 23.0 Å². The molecule has 0 fully saturated rings. The normalized spacial score (nSPS) is 11.5. The summed E-state index contributed by atoms with van der Waals surface area (Å²) >= 11 is 0. The van der Waals surface area contributed by atoms with Gasteiger partial charge < -0.3 is 4.74 Å². The van der Waals surface area contributed by atoms with E-state index in [1.54, 1.807) is 13.3 Å². The van der Waals surface area contributed by atoms with Gasteiger partial charge in [0.05, 0.1) is 19.0 Å². The smallest absolute Gasteiger partial charge is 0.176 e. The molecule has 0 unspecified atom stereocenters. The highest BCUT2D eigenvalue weighted by Gasteiger charge is 2.06. The van der Waals surface area contributed by atoms with Crippen molar-refractivity contribution in [3.63, 3.8) is 0 Å². The van der Waals surface area contributed by atoms with Crippen LogP contribution in [0.5, 0.6) is 5.75 Å². The van der Waals surface area contributed by atoms with Crippen LogP contribution in [0, 0.1) is 0 Å². The van der Waals surface area contributed by atoms with Crippen molar-refractivity contribution in [3.8, 4) is 5.75 Å². The first-order valence-electron chi connectivity index (χ1n) is 6.93. The van der Waals surface area contributed by atoms with E-state index >= 15 is 0 Å². The number of hydrogen-bond acceptors (Lipinski definition) is 5. The van der Waals surface area contributed by atoms with Crippen molar-refractivity contribution in [2.24, 2.45) is 5.10 Å². The molecule has 0 radical (unpaired) electrons. The molecule has 0 saturated carbocycles. The number of anilines is 1. The Morgan fingerprint density at radius 3 is 2.73 bits per heavy atom. The lowest BCUT2D eigenvalue weighted by atomic mass is 10.1. The molecule has 5 heteroatoms. The topological polar surface area (TPSA) is 59.4 Å². The molecular formula is C17H16N4O. The highest BCUT2D eigenvalue weighted by atomic mass is 16.5. The van der Waals surface area contributed by atoms with Crippen molar-refractivity contribution in [2.45, 2.75) is 6.92 Å². The molecule has 0 amide bonds. The van der Waals surface area contributed by atoms with Gasteiger partial charge in [-0.1, -0.05) is 36.4 Å². The minimum atomic E-state index is 0.632. The maximum Gasteiger partial charge on any atom is 0.176 e. The molecule has 0 aliphatic carbocycles. The number of fused-ring (bicyclic) bond motifs is 1. The number of nitrogens with zero attached hydrogens (tertiary/aromatic N) is 3. The number of aromatic nitrogens is 2. The monoisotopic (exact) mass is 292 g/mol. The molecule has 22 heavy (non-hydrogen) atoms. The first-order valence-corrected chi connectivity index (χ1v) is 6.93. The highest BCUT2D eigenvalue weighted by Crippen LogP contribution is 2.21. The zero-order chi connectivity index (χ0) is 15.4. The molecule has 1 N–H and O–H groups in total. The van der Waals surface area contributed by atoms with Crippen molar-refractivity contribution in [3.05, 3.63) is 60.3 Å². The molecule has 2 aromatic carbocycles. The van der Waals surface area contributed by atoms with Crippen LogP contribution in [0.1, 0.15) is 12.5 Å². The minimum Gasteiger partial charge on any atom is -0.496 e. The van der Waals surface area contributed by atoms with Gasteiger partial charge >= 0.3 is 0 Å². The maximum atomic E-state index is 5.35. The summed E-state index contributed by atoms with van der Waals surface area (Å²) in [7, 11) is 1.65. The second-order valence-electron chi connectivity index (χ2n) is 4.79. The fraction of sp³-hybridized carbons (Fsp3) is 0.118. The molecule has 0 aliphatic rings. The van der Waals surface area contributed by atoms with E-state index in [0.717, 1.165) is 27.8 Å². The van der Waals surface area contributed by atoms with Gasteiger partial charge in [-0.15, -0.1) is 5.10 Å². The van der Waals surface area contributed by atoms with Crippen molar-refractivity contribution >= 4 is 22.3 Å². The second-order valence-corrected chi connectivity index (χ2v) is 4.79. The van der Waals surface area contributed by atoms with E-state index in [2.05, 4.69) is 20.7 Å². The summed E-state index contributed by atoms with van der Waals surface area (Å²) < 4.78 is 5.35. The number of rotatable bonds is 4. The average Bonchev–Trinajstić information content (AvgIpc) is 2.59. The van der Waals surface area contributed by atoms with Gasteiger partial charge in [0.1, 0.15) is 5.75 Å². The molecule has 0 saturated heterocycles. The number of nitrogens with one attached hydrogen (secondary N) is 1. The number of ether oxygens (including phenoxy) is 1. The van der Waals surface area contributed by atoms with E-state index < -0.39 is 0 Å². The minimum absolute atomic E-state index is 0.632. The molecule has 1 heterocycles. The third-order valence-corrected chi connectivity index (χ3v) is 3.40. The van der Waals surface area contributed by atoms with E-state index in [4.69, 9.17) is 4.74 Å². The van der Waals surface area contributed by atoms with Crippen LogP contribution in [0.15, 0.2) is 59.8 Å². The lowest BCUT2D eigenvalue weighted by Crippen LogP contribution is -2.03. The van der Waals surface area contributed by atoms with Gasteiger partial charge in [-0.2, -0.15) is 10.2 Å². The lowest BCUT2D eigenvalue weighted by molar-refractivity contribution is 0.414. The first kappa shape index (κ1) is 14.0. The van der Waals surface area contributed by atoms with Crippen molar-refractivity contribution < 1.29 is 4.74 Å². The summed E-state index contributed by atoms with van der Waals surface area (Å²) in [6.45, 7) is 1.92. The number of hydrogen-bond donors (Lipinski definition) is 1. The van der Waals surface area contributed by atoms with E-state index in [9.17, 15) is 0 Å². The van der Waals surface area contributed by atoms with Crippen LogP contribution in [0.3, 0.4) is 0 Å². The molecule has 5 nitrogen and oxygen atoms in total. The number of methoxy groups -OCH3 is 1. The lowest BCUT2D eigenvalue weighted by Gasteiger charge is -2.08. The Hall–Kier alpha value is -2.95. The summed E-state index contributed by atoms with van der Waals surface area (Å²) in [6.07, 6.45) is 1.73. The summed E-state index contributed by atoms with van der Waals surface area (Å²) in [5, 5.41) is 14.5. The van der Waals surface area contributed by atoms with Crippen LogP contribution >= 0.6 is 0 Å². The quantitative estimate of drug-likeness (QED) is 0.591. The van der Waals surface area contributed by atoms with Gasteiger partial charge in [-0.05, 0) is 19.1 Å². The zero-order valence-electron chi connectivity index (χ0n) is 12.4. The standard InChI is InChI=1S/C17H16N4O/c1-12(14-8-5-6-10-16(14)22-2)19-21-17-15-9-4-3-7-13(15)11-18-20-17/h3-11H,1-2H3,(H,20,21)/b19-12+. The van der Waals surface area contributed by atoms with E-state index in [1.807, 2.05) is 55.5 Å². The molecule has 0 bridgehead atoms. The summed E-state index contributed by atoms with van der Waals surface area (Å²) in [5.41, 5.74) is 4.74. The van der Waals surface area contributed by atoms with Gasteiger partial charge in [-0.25, -0.2) is 0 Å². The SMILES string of the molecule is COc1ccccc1/C(C)=N/Nc1nncc2ccccc12. The van der Waals surface area contributed by atoms with E-state index in [1.165, 1.54) is 0 Å². The van der Waals surface area contributed by atoms with E-state index in [-0.39, 0.29) is 0 Å². The third kappa shape index (κ3) is 2.74. The molecule has 3 aromatic rings.